The van der Waals surface area contributed by atoms with Gasteiger partial charge in [-0.05, 0) is 63.3 Å². The molecule has 0 bridgehead atoms. The van der Waals surface area contributed by atoms with E-state index in [0.717, 1.165) is 38.9 Å². The molecule has 5 aromatic carbocycles. The van der Waals surface area contributed by atoms with Crippen LogP contribution in [0.5, 0.6) is 17.2 Å². The van der Waals surface area contributed by atoms with Gasteiger partial charge in [0.2, 0.25) is 0 Å². The van der Waals surface area contributed by atoms with E-state index in [1.54, 1.807) is 18.2 Å². The van der Waals surface area contributed by atoms with Crippen LogP contribution in [0.2, 0.25) is 5.02 Å². The molecule has 0 aromatic heterocycles. The summed E-state index contributed by atoms with van der Waals surface area (Å²) in [6, 6.07) is 31.3. The highest BCUT2D eigenvalue weighted by Crippen LogP contribution is 2.39. The van der Waals surface area contributed by atoms with Crippen LogP contribution in [0.3, 0.4) is 0 Å². The average molecular weight is 596 g/mol. The van der Waals surface area contributed by atoms with Gasteiger partial charge in [-0.15, -0.1) is 0 Å². The van der Waals surface area contributed by atoms with Crippen molar-refractivity contribution in [3.63, 3.8) is 0 Å². The van der Waals surface area contributed by atoms with Gasteiger partial charge in [0.1, 0.15) is 19.0 Å². The van der Waals surface area contributed by atoms with Crippen LogP contribution in [0, 0.1) is 0 Å². The molecular formula is C34H26ClNO5S. The highest BCUT2D eigenvalue weighted by atomic mass is 35.5. The lowest BCUT2D eigenvalue weighted by Gasteiger charge is -2.15. The van der Waals surface area contributed by atoms with Gasteiger partial charge in [0, 0.05) is 5.39 Å². The molecule has 6 nitrogen and oxygen atoms in total. The third-order valence-electron chi connectivity index (χ3n) is 7.00. The molecule has 0 saturated carbocycles. The molecule has 1 fully saturated rings. The lowest BCUT2D eigenvalue weighted by molar-refractivity contribution is -0.123. The summed E-state index contributed by atoms with van der Waals surface area (Å²) in [6.07, 6.45) is 1.64. The maximum Gasteiger partial charge on any atom is 0.293 e. The smallest absolute Gasteiger partial charge is 0.293 e. The zero-order valence-electron chi connectivity index (χ0n) is 22.7. The Kier molecular flexibility index (Phi) is 8.04. The molecule has 1 saturated heterocycles. The van der Waals surface area contributed by atoms with Crippen molar-refractivity contribution >= 4 is 62.1 Å². The minimum Gasteiger partial charge on any atom is -0.493 e. The molecule has 0 atom stereocenters. The number of fused-ring (bicyclic) bond motifs is 2. The summed E-state index contributed by atoms with van der Waals surface area (Å²) in [5, 5.41) is 4.25. The quantitative estimate of drug-likeness (QED) is 0.160. The first-order valence-electron chi connectivity index (χ1n) is 13.3. The number of hydrogen-bond donors (Lipinski definition) is 0. The van der Waals surface area contributed by atoms with E-state index in [0.29, 0.717) is 39.3 Å². The van der Waals surface area contributed by atoms with Gasteiger partial charge < -0.3 is 14.2 Å². The number of methoxy groups -OCH3 is 1. The van der Waals surface area contributed by atoms with E-state index >= 15 is 0 Å². The monoisotopic (exact) mass is 595 g/mol. The number of halogens is 1. The van der Waals surface area contributed by atoms with E-state index in [-0.39, 0.29) is 24.3 Å². The number of imide groups is 1. The number of nitrogens with zero attached hydrogens (tertiary/aromatic N) is 1. The molecular weight excluding hydrogens is 570 g/mol. The molecule has 1 aliphatic heterocycles. The number of ether oxygens (including phenoxy) is 3. The Morgan fingerprint density at radius 2 is 1.50 bits per heavy atom. The molecule has 0 radical (unpaired) electrons. The maximum atomic E-state index is 13.1. The lowest BCUT2D eigenvalue weighted by atomic mass is 10.1. The van der Waals surface area contributed by atoms with Gasteiger partial charge in [0.05, 0.1) is 23.6 Å². The SMILES string of the molecule is COc1cc(/C=C2\SC(=O)N(CCOc3cccc4ccccc34)C2=O)cc(Cl)c1OCc1cccc2ccccc12. The predicted molar refractivity (Wildman–Crippen MR) is 168 cm³/mol. The molecule has 2 amide bonds. The third-order valence-corrected chi connectivity index (χ3v) is 8.19. The summed E-state index contributed by atoms with van der Waals surface area (Å²) >= 11 is 7.51. The molecule has 6 rings (SSSR count). The molecule has 5 aromatic rings. The summed E-state index contributed by atoms with van der Waals surface area (Å²) in [5.74, 6) is 1.16. The number of amides is 2. The van der Waals surface area contributed by atoms with Crippen LogP contribution in [0.4, 0.5) is 4.79 Å². The Balaban J connectivity index is 1.15. The Morgan fingerprint density at radius 1 is 0.810 bits per heavy atom. The van der Waals surface area contributed by atoms with Crippen molar-refractivity contribution in [2.24, 2.45) is 0 Å². The number of rotatable bonds is 9. The van der Waals surface area contributed by atoms with Gasteiger partial charge in [-0.25, -0.2) is 0 Å². The van der Waals surface area contributed by atoms with Crippen LogP contribution in [0.15, 0.2) is 102 Å². The number of benzene rings is 5. The molecule has 0 N–H and O–H groups in total. The first-order valence-corrected chi connectivity index (χ1v) is 14.5. The van der Waals surface area contributed by atoms with Crippen LogP contribution in [0.1, 0.15) is 11.1 Å². The molecule has 1 heterocycles. The second-order valence-corrected chi connectivity index (χ2v) is 11.0. The average Bonchev–Trinajstić information content (AvgIpc) is 3.27. The van der Waals surface area contributed by atoms with E-state index in [9.17, 15) is 9.59 Å². The zero-order valence-corrected chi connectivity index (χ0v) is 24.3. The summed E-state index contributed by atoms with van der Waals surface area (Å²) < 4.78 is 17.6. The minimum atomic E-state index is -0.377. The number of hydrogen-bond acceptors (Lipinski definition) is 6. The fourth-order valence-electron chi connectivity index (χ4n) is 4.94. The summed E-state index contributed by atoms with van der Waals surface area (Å²) in [4.78, 5) is 27.3. The lowest BCUT2D eigenvalue weighted by Crippen LogP contribution is -2.32. The highest BCUT2D eigenvalue weighted by Gasteiger charge is 2.35. The van der Waals surface area contributed by atoms with Crippen molar-refractivity contribution in [2.75, 3.05) is 20.3 Å². The molecule has 0 spiro atoms. The Bertz CT molecular complexity index is 1840. The van der Waals surface area contributed by atoms with Crippen LogP contribution in [-0.2, 0) is 11.4 Å². The van der Waals surface area contributed by atoms with Gasteiger partial charge >= 0.3 is 0 Å². The normalized spacial score (nSPS) is 14.2. The highest BCUT2D eigenvalue weighted by molar-refractivity contribution is 8.18. The molecule has 42 heavy (non-hydrogen) atoms. The summed E-state index contributed by atoms with van der Waals surface area (Å²) in [7, 11) is 1.53. The number of carbonyl (C=O) groups excluding carboxylic acids is 2. The van der Waals surface area contributed by atoms with Crippen molar-refractivity contribution in [1.29, 1.82) is 0 Å². The van der Waals surface area contributed by atoms with Crippen molar-refractivity contribution in [3.8, 4) is 17.2 Å². The molecule has 8 heteroatoms. The van der Waals surface area contributed by atoms with E-state index in [1.165, 1.54) is 12.0 Å². The Hall–Kier alpha value is -4.46. The Labute approximate surface area is 252 Å². The second kappa shape index (κ2) is 12.2. The largest absolute Gasteiger partial charge is 0.493 e. The molecule has 0 unspecified atom stereocenters. The minimum absolute atomic E-state index is 0.135. The van der Waals surface area contributed by atoms with Crippen LogP contribution < -0.4 is 14.2 Å². The van der Waals surface area contributed by atoms with Gasteiger partial charge in [0.15, 0.2) is 11.5 Å². The first-order chi connectivity index (χ1) is 20.5. The van der Waals surface area contributed by atoms with Crippen molar-refractivity contribution in [3.05, 3.63) is 118 Å². The van der Waals surface area contributed by atoms with Crippen molar-refractivity contribution < 1.29 is 23.8 Å². The molecule has 0 aliphatic carbocycles. The van der Waals surface area contributed by atoms with E-state index < -0.39 is 0 Å². The van der Waals surface area contributed by atoms with Crippen LogP contribution in [-0.4, -0.2) is 36.3 Å². The summed E-state index contributed by atoms with van der Waals surface area (Å²) in [5.41, 5.74) is 1.64. The second-order valence-electron chi connectivity index (χ2n) is 9.62. The van der Waals surface area contributed by atoms with Crippen LogP contribution in [0.25, 0.3) is 27.6 Å². The van der Waals surface area contributed by atoms with Gasteiger partial charge in [-0.1, -0.05) is 90.5 Å². The topological polar surface area (TPSA) is 65.1 Å². The van der Waals surface area contributed by atoms with Crippen molar-refractivity contribution in [2.45, 2.75) is 6.61 Å². The standard InChI is InChI=1S/C34H26ClNO5S/c1-39-30-19-22(18-28(35)32(30)41-21-25-12-6-10-23-8-2-4-13-26(23)25)20-31-33(37)36(34(38)42-31)16-17-40-29-15-7-11-24-9-3-5-14-27(24)29/h2-15,18-20H,16-17,21H2,1H3/b31-20-. The zero-order chi connectivity index (χ0) is 29.1. The summed E-state index contributed by atoms with van der Waals surface area (Å²) in [6.45, 7) is 0.620. The fraction of sp³-hybridized carbons (Fsp3) is 0.118. The maximum absolute atomic E-state index is 13.1. The number of thioether (sulfide) groups is 1. The number of carbonyl (C=O) groups is 2. The predicted octanol–water partition coefficient (Wildman–Crippen LogP) is 8.35. The van der Waals surface area contributed by atoms with E-state index in [1.807, 2.05) is 66.7 Å². The van der Waals surface area contributed by atoms with Gasteiger partial charge in [0.25, 0.3) is 11.1 Å². The van der Waals surface area contributed by atoms with Crippen molar-refractivity contribution in [1.82, 2.24) is 4.90 Å². The van der Waals surface area contributed by atoms with Gasteiger partial charge in [-0.3, -0.25) is 14.5 Å². The fourth-order valence-corrected chi connectivity index (χ4v) is 6.08. The molecule has 1 aliphatic rings. The Morgan fingerprint density at radius 3 is 2.29 bits per heavy atom. The van der Waals surface area contributed by atoms with E-state index in [2.05, 4.69) is 18.2 Å². The first kappa shape index (κ1) is 27.7. The van der Waals surface area contributed by atoms with Crippen LogP contribution >= 0.6 is 23.4 Å². The molecule has 210 valence electrons. The van der Waals surface area contributed by atoms with E-state index in [4.69, 9.17) is 25.8 Å². The van der Waals surface area contributed by atoms with Gasteiger partial charge in [-0.2, -0.15) is 0 Å². The third kappa shape index (κ3) is 5.66.